The van der Waals surface area contributed by atoms with Crippen molar-refractivity contribution in [1.82, 2.24) is 4.90 Å². The molecule has 1 aliphatic rings. The normalized spacial score (nSPS) is 19.2. The number of nitrogens with zero attached hydrogens (tertiary/aromatic N) is 1. The topological polar surface area (TPSA) is 75.4 Å². The van der Waals surface area contributed by atoms with Crippen LogP contribution >= 0.6 is 12.2 Å². The molecule has 6 heteroatoms. The molecule has 18 heavy (non-hydrogen) atoms. The zero-order valence-corrected chi connectivity index (χ0v) is 10.7. The molecule has 1 aliphatic heterocycles. The summed E-state index contributed by atoms with van der Waals surface area (Å²) in [7, 11) is 1.49. The molecule has 1 unspecified atom stereocenters. The third kappa shape index (κ3) is 2.33. The molecule has 1 fully saturated rings. The summed E-state index contributed by atoms with van der Waals surface area (Å²) in [4.78, 5) is 24.5. The van der Waals surface area contributed by atoms with Gasteiger partial charge in [-0.15, -0.1) is 0 Å². The number of anilines is 1. The third-order valence-electron chi connectivity index (χ3n) is 2.89. The number of nitrogens with two attached hydrogens (primary N) is 1. The van der Waals surface area contributed by atoms with E-state index < -0.39 is 6.04 Å². The van der Waals surface area contributed by atoms with E-state index in [0.717, 1.165) is 16.2 Å². The van der Waals surface area contributed by atoms with Crippen LogP contribution in [0.15, 0.2) is 24.3 Å². The number of likely N-dealkylation sites (tertiary alicyclic amines) is 1. The Bertz CT molecular complexity index is 513. The molecule has 0 spiro atoms. The van der Waals surface area contributed by atoms with Crippen LogP contribution < -0.4 is 11.1 Å². The lowest BCUT2D eigenvalue weighted by Crippen LogP contribution is -2.31. The van der Waals surface area contributed by atoms with E-state index in [1.165, 1.54) is 7.05 Å². The Balaban J connectivity index is 2.08. The van der Waals surface area contributed by atoms with E-state index in [2.05, 4.69) is 5.32 Å². The van der Waals surface area contributed by atoms with E-state index in [9.17, 15) is 9.59 Å². The molecule has 0 aliphatic carbocycles. The molecule has 1 heterocycles. The fraction of sp³-hybridized carbons (Fsp3) is 0.250. The lowest BCUT2D eigenvalue weighted by Gasteiger charge is -2.12. The number of carbonyl (C=O) groups excluding carboxylic acids is 2. The van der Waals surface area contributed by atoms with Crippen LogP contribution in [0.5, 0.6) is 0 Å². The summed E-state index contributed by atoms with van der Waals surface area (Å²) in [5, 5.41) is 3.02. The first-order chi connectivity index (χ1) is 8.49. The van der Waals surface area contributed by atoms with Crippen LogP contribution in [0.1, 0.15) is 12.0 Å². The smallest absolute Gasteiger partial charge is 0.251 e. The van der Waals surface area contributed by atoms with Crippen LogP contribution in [0, 0.1) is 0 Å². The molecule has 2 amide bonds. The Morgan fingerprint density at radius 1 is 1.39 bits per heavy atom. The zero-order valence-electron chi connectivity index (χ0n) is 9.84. The first-order valence-corrected chi connectivity index (χ1v) is 5.86. The molecule has 0 radical (unpaired) electrons. The van der Waals surface area contributed by atoms with E-state index in [0.29, 0.717) is 4.99 Å². The lowest BCUT2D eigenvalue weighted by atomic mass is 10.2. The van der Waals surface area contributed by atoms with E-state index >= 15 is 0 Å². The predicted octanol–water partition coefficient (Wildman–Crippen LogP) is 0.490. The summed E-state index contributed by atoms with van der Waals surface area (Å²) >= 11 is 4.85. The van der Waals surface area contributed by atoms with Crippen molar-refractivity contribution in [1.29, 1.82) is 0 Å². The largest absolute Gasteiger partial charge is 0.389 e. The van der Waals surface area contributed by atoms with E-state index in [-0.39, 0.29) is 18.2 Å². The summed E-state index contributed by atoms with van der Waals surface area (Å²) in [5.74, 6) is -0.379. The molecule has 0 aromatic heterocycles. The second-order valence-electron chi connectivity index (χ2n) is 4.13. The fourth-order valence-corrected chi connectivity index (χ4v) is 1.94. The van der Waals surface area contributed by atoms with Crippen molar-refractivity contribution in [2.24, 2.45) is 5.73 Å². The van der Waals surface area contributed by atoms with Crippen molar-refractivity contribution in [2.75, 3.05) is 12.4 Å². The summed E-state index contributed by atoms with van der Waals surface area (Å²) in [6.45, 7) is 0. The van der Waals surface area contributed by atoms with E-state index in [4.69, 9.17) is 18.0 Å². The summed E-state index contributed by atoms with van der Waals surface area (Å²) in [5.41, 5.74) is 7.02. The number of hydrogen-bond donors (Lipinski definition) is 2. The number of amides is 2. The number of imide groups is 1. The van der Waals surface area contributed by atoms with Crippen molar-refractivity contribution in [3.8, 4) is 0 Å². The van der Waals surface area contributed by atoms with Gasteiger partial charge < -0.3 is 11.1 Å². The first kappa shape index (κ1) is 12.5. The standard InChI is InChI=1S/C12H13N3O2S/c1-15-10(16)6-9(12(15)17)14-8-4-2-7(3-5-8)11(13)18/h2-5,9,14H,6H2,1H3,(H2,13,18). The van der Waals surface area contributed by atoms with Gasteiger partial charge in [0.05, 0.1) is 6.42 Å². The number of benzene rings is 1. The van der Waals surface area contributed by atoms with Crippen LogP contribution in [0.2, 0.25) is 0 Å². The minimum atomic E-state index is -0.488. The van der Waals surface area contributed by atoms with Crippen LogP contribution in [0.4, 0.5) is 5.69 Å². The van der Waals surface area contributed by atoms with E-state index in [1.54, 1.807) is 24.3 Å². The third-order valence-corrected chi connectivity index (χ3v) is 3.13. The van der Waals surface area contributed by atoms with Crippen LogP contribution in [0.3, 0.4) is 0 Å². The molecule has 1 atom stereocenters. The van der Waals surface area contributed by atoms with Crippen molar-refractivity contribution in [3.05, 3.63) is 29.8 Å². The average molecular weight is 263 g/mol. The Hall–Kier alpha value is -1.95. The van der Waals surface area contributed by atoms with E-state index in [1.807, 2.05) is 0 Å². The maximum Gasteiger partial charge on any atom is 0.251 e. The summed E-state index contributed by atoms with van der Waals surface area (Å²) in [6, 6.07) is 6.62. The van der Waals surface area contributed by atoms with Crippen molar-refractivity contribution < 1.29 is 9.59 Å². The second-order valence-corrected chi connectivity index (χ2v) is 4.57. The molecular formula is C12H13N3O2S. The molecule has 1 aromatic carbocycles. The first-order valence-electron chi connectivity index (χ1n) is 5.46. The number of likely N-dealkylation sites (N-methyl/N-ethyl adjacent to an activating group) is 1. The van der Waals surface area contributed by atoms with Crippen LogP contribution in [-0.4, -0.2) is 34.8 Å². The Morgan fingerprint density at radius 2 is 2.00 bits per heavy atom. The molecule has 1 saturated heterocycles. The maximum absolute atomic E-state index is 11.7. The number of rotatable bonds is 3. The lowest BCUT2D eigenvalue weighted by molar-refractivity contribution is -0.136. The van der Waals surface area contributed by atoms with Crippen LogP contribution in [-0.2, 0) is 9.59 Å². The van der Waals surface area contributed by atoms with Gasteiger partial charge in [0.1, 0.15) is 11.0 Å². The molecule has 5 nitrogen and oxygen atoms in total. The molecule has 94 valence electrons. The Kier molecular flexibility index (Phi) is 3.29. The molecule has 1 aromatic rings. The molecule has 0 bridgehead atoms. The predicted molar refractivity (Wildman–Crippen MR) is 72.1 cm³/mol. The minimum Gasteiger partial charge on any atom is -0.389 e. The van der Waals surface area contributed by atoms with Crippen molar-refractivity contribution in [2.45, 2.75) is 12.5 Å². The summed E-state index contributed by atoms with van der Waals surface area (Å²) in [6.07, 6.45) is 0.187. The number of hydrogen-bond acceptors (Lipinski definition) is 4. The molecule has 0 saturated carbocycles. The van der Waals surface area contributed by atoms with Gasteiger partial charge in [0.2, 0.25) is 5.91 Å². The van der Waals surface area contributed by atoms with Gasteiger partial charge in [0, 0.05) is 18.3 Å². The van der Waals surface area contributed by atoms with Gasteiger partial charge in [-0.1, -0.05) is 12.2 Å². The van der Waals surface area contributed by atoms with Gasteiger partial charge in [0.25, 0.3) is 5.91 Å². The highest BCUT2D eigenvalue weighted by Crippen LogP contribution is 2.17. The van der Waals surface area contributed by atoms with Gasteiger partial charge >= 0.3 is 0 Å². The van der Waals surface area contributed by atoms with Crippen molar-refractivity contribution >= 4 is 34.7 Å². The zero-order chi connectivity index (χ0) is 13.3. The van der Waals surface area contributed by atoms with Gasteiger partial charge in [-0.05, 0) is 24.3 Å². The highest BCUT2D eigenvalue weighted by Gasteiger charge is 2.35. The molecule has 3 N–H and O–H groups in total. The van der Waals surface area contributed by atoms with Gasteiger partial charge in [-0.3, -0.25) is 14.5 Å². The summed E-state index contributed by atoms with van der Waals surface area (Å²) < 4.78 is 0. The number of thiocarbonyl (C=S) groups is 1. The Morgan fingerprint density at radius 3 is 2.44 bits per heavy atom. The highest BCUT2D eigenvalue weighted by atomic mass is 32.1. The number of carbonyl (C=O) groups is 2. The van der Waals surface area contributed by atoms with Gasteiger partial charge in [0.15, 0.2) is 0 Å². The highest BCUT2D eigenvalue weighted by molar-refractivity contribution is 7.80. The molecule has 2 rings (SSSR count). The van der Waals surface area contributed by atoms with Crippen molar-refractivity contribution in [3.63, 3.8) is 0 Å². The maximum atomic E-state index is 11.7. The fourth-order valence-electron chi connectivity index (χ4n) is 1.80. The second kappa shape index (κ2) is 4.73. The number of nitrogens with one attached hydrogen (secondary N) is 1. The van der Waals surface area contributed by atoms with Crippen LogP contribution in [0.25, 0.3) is 0 Å². The average Bonchev–Trinajstić information content (AvgIpc) is 2.58. The minimum absolute atomic E-state index is 0.169. The quantitative estimate of drug-likeness (QED) is 0.613. The monoisotopic (exact) mass is 263 g/mol. The molecular weight excluding hydrogens is 250 g/mol. The van der Waals surface area contributed by atoms with Gasteiger partial charge in [-0.2, -0.15) is 0 Å². The SMILES string of the molecule is CN1C(=O)CC(Nc2ccc(C(N)=S)cc2)C1=O. The van der Waals surface area contributed by atoms with Gasteiger partial charge in [-0.25, -0.2) is 0 Å². The Labute approximate surface area is 110 Å².